The van der Waals surface area contributed by atoms with Crippen LogP contribution in [0.3, 0.4) is 0 Å². The number of para-hydroxylation sites is 1. The van der Waals surface area contributed by atoms with Gasteiger partial charge in [-0.25, -0.2) is 0 Å². The Labute approximate surface area is 121 Å². The molecule has 0 saturated carbocycles. The first-order valence-corrected chi connectivity index (χ1v) is 7.35. The lowest BCUT2D eigenvalue weighted by Crippen LogP contribution is -2.42. The lowest BCUT2D eigenvalue weighted by atomic mass is 10.2. The fourth-order valence-electron chi connectivity index (χ4n) is 2.47. The van der Waals surface area contributed by atoms with E-state index >= 15 is 0 Å². The second kappa shape index (κ2) is 7.29. The number of likely N-dealkylation sites (N-methyl/N-ethyl adjacent to an activating group) is 1. The highest BCUT2D eigenvalue weighted by molar-refractivity contribution is 5.81. The molecule has 0 aromatic heterocycles. The number of benzene rings is 1. The molecule has 20 heavy (non-hydrogen) atoms. The molecule has 4 heteroatoms. The molecule has 1 fully saturated rings. The second-order valence-electron chi connectivity index (χ2n) is 5.38. The van der Waals surface area contributed by atoms with Crippen LogP contribution in [0.25, 0.3) is 0 Å². The van der Waals surface area contributed by atoms with Gasteiger partial charge >= 0.3 is 0 Å². The highest BCUT2D eigenvalue weighted by atomic mass is 16.5. The second-order valence-corrected chi connectivity index (χ2v) is 5.38. The summed E-state index contributed by atoms with van der Waals surface area (Å²) in [4.78, 5) is 13.9. The Morgan fingerprint density at radius 1 is 1.45 bits per heavy atom. The van der Waals surface area contributed by atoms with Crippen LogP contribution in [-0.2, 0) is 4.79 Å². The molecule has 1 heterocycles. The van der Waals surface area contributed by atoms with E-state index in [1.165, 1.54) is 0 Å². The van der Waals surface area contributed by atoms with Crippen LogP contribution in [-0.4, -0.2) is 43.6 Å². The maximum atomic E-state index is 12.1. The number of nitrogens with zero attached hydrogens (tertiary/aromatic N) is 1. The van der Waals surface area contributed by atoms with Gasteiger partial charge < -0.3 is 15.0 Å². The van der Waals surface area contributed by atoms with Gasteiger partial charge in [-0.05, 0) is 44.4 Å². The molecule has 1 aliphatic heterocycles. The molecule has 1 saturated heterocycles. The fraction of sp³-hybridized carbons (Fsp3) is 0.562. The van der Waals surface area contributed by atoms with Gasteiger partial charge in [-0.2, -0.15) is 0 Å². The molecule has 1 amide bonds. The molecule has 1 aromatic carbocycles. The topological polar surface area (TPSA) is 41.6 Å². The van der Waals surface area contributed by atoms with E-state index in [0.29, 0.717) is 6.61 Å². The van der Waals surface area contributed by atoms with Crippen LogP contribution in [0.15, 0.2) is 24.3 Å². The van der Waals surface area contributed by atoms with Gasteiger partial charge in [0, 0.05) is 13.6 Å². The van der Waals surface area contributed by atoms with Crippen molar-refractivity contribution in [2.45, 2.75) is 32.2 Å². The monoisotopic (exact) mass is 276 g/mol. The Hall–Kier alpha value is -1.55. The van der Waals surface area contributed by atoms with Crippen molar-refractivity contribution >= 4 is 5.91 Å². The Morgan fingerprint density at radius 3 is 2.95 bits per heavy atom. The number of aryl methyl sites for hydroxylation is 1. The Bertz CT molecular complexity index is 442. The van der Waals surface area contributed by atoms with E-state index < -0.39 is 0 Å². The first-order chi connectivity index (χ1) is 9.68. The lowest BCUT2D eigenvalue weighted by Gasteiger charge is -2.21. The average Bonchev–Trinajstić information content (AvgIpc) is 2.98. The van der Waals surface area contributed by atoms with Crippen LogP contribution in [0.4, 0.5) is 0 Å². The van der Waals surface area contributed by atoms with Gasteiger partial charge in [0.15, 0.2) is 0 Å². The van der Waals surface area contributed by atoms with Gasteiger partial charge in [0.05, 0.1) is 12.6 Å². The van der Waals surface area contributed by atoms with E-state index in [0.717, 1.165) is 43.7 Å². The minimum absolute atomic E-state index is 0.0253. The zero-order valence-corrected chi connectivity index (χ0v) is 12.4. The van der Waals surface area contributed by atoms with Gasteiger partial charge in [-0.3, -0.25) is 4.79 Å². The number of hydrogen-bond donors (Lipinski definition) is 1. The maximum absolute atomic E-state index is 12.1. The first-order valence-electron chi connectivity index (χ1n) is 7.35. The van der Waals surface area contributed by atoms with E-state index in [9.17, 15) is 4.79 Å². The van der Waals surface area contributed by atoms with Crippen molar-refractivity contribution in [1.29, 1.82) is 0 Å². The summed E-state index contributed by atoms with van der Waals surface area (Å²) >= 11 is 0. The summed E-state index contributed by atoms with van der Waals surface area (Å²) in [6.07, 6.45) is 2.91. The van der Waals surface area contributed by atoms with E-state index in [1.54, 1.807) is 0 Å². The van der Waals surface area contributed by atoms with Crippen LogP contribution >= 0.6 is 0 Å². The first kappa shape index (κ1) is 14.9. The van der Waals surface area contributed by atoms with Crippen molar-refractivity contribution in [1.82, 2.24) is 10.2 Å². The predicted molar refractivity (Wildman–Crippen MR) is 80.0 cm³/mol. The molecule has 1 N–H and O–H groups in total. The van der Waals surface area contributed by atoms with Crippen molar-refractivity contribution in [3.8, 4) is 5.75 Å². The molecule has 2 rings (SSSR count). The molecular weight excluding hydrogens is 252 g/mol. The molecule has 0 spiro atoms. The Balaban J connectivity index is 1.68. The summed E-state index contributed by atoms with van der Waals surface area (Å²) in [6, 6.07) is 8.02. The van der Waals surface area contributed by atoms with E-state index in [-0.39, 0.29) is 11.9 Å². The van der Waals surface area contributed by atoms with Gasteiger partial charge in [0.1, 0.15) is 5.75 Å². The summed E-state index contributed by atoms with van der Waals surface area (Å²) in [5, 5.41) is 3.24. The third-order valence-electron chi connectivity index (χ3n) is 3.72. The smallest absolute Gasteiger partial charge is 0.239 e. The highest BCUT2D eigenvalue weighted by Crippen LogP contribution is 2.16. The molecule has 1 aromatic rings. The third-order valence-corrected chi connectivity index (χ3v) is 3.72. The van der Waals surface area contributed by atoms with Crippen molar-refractivity contribution in [3.05, 3.63) is 29.8 Å². The van der Waals surface area contributed by atoms with Crippen molar-refractivity contribution < 1.29 is 9.53 Å². The van der Waals surface area contributed by atoms with E-state index in [1.807, 2.05) is 43.1 Å². The molecule has 0 radical (unpaired) electrons. The van der Waals surface area contributed by atoms with Gasteiger partial charge in [-0.1, -0.05) is 18.2 Å². The Morgan fingerprint density at radius 2 is 2.25 bits per heavy atom. The number of nitrogens with one attached hydrogen (secondary N) is 1. The van der Waals surface area contributed by atoms with Gasteiger partial charge in [-0.15, -0.1) is 0 Å². The quantitative estimate of drug-likeness (QED) is 0.808. The minimum atomic E-state index is 0.0253. The van der Waals surface area contributed by atoms with Crippen molar-refractivity contribution in [3.63, 3.8) is 0 Å². The molecule has 0 bridgehead atoms. The molecular formula is C16H24N2O2. The SMILES string of the molecule is Cc1ccccc1OCCCN(C)C(=O)C1CCCN1. The Kier molecular flexibility index (Phi) is 5.41. The average molecular weight is 276 g/mol. The van der Waals surface area contributed by atoms with Gasteiger partial charge in [0.2, 0.25) is 5.91 Å². The normalized spacial score (nSPS) is 18.0. The standard InChI is InChI=1S/C16H24N2O2/c1-13-7-3-4-9-15(13)20-12-6-11-18(2)16(19)14-8-5-10-17-14/h3-4,7,9,14,17H,5-6,8,10-12H2,1-2H3. The van der Waals surface area contributed by atoms with Crippen LogP contribution < -0.4 is 10.1 Å². The van der Waals surface area contributed by atoms with Crippen molar-refractivity contribution in [2.75, 3.05) is 26.7 Å². The van der Waals surface area contributed by atoms with Crippen LogP contribution in [0.5, 0.6) is 5.75 Å². The molecule has 1 aliphatic rings. The van der Waals surface area contributed by atoms with Crippen LogP contribution in [0.2, 0.25) is 0 Å². The number of hydrogen-bond acceptors (Lipinski definition) is 3. The summed E-state index contributed by atoms with van der Waals surface area (Å²) in [7, 11) is 1.87. The lowest BCUT2D eigenvalue weighted by molar-refractivity contribution is -0.131. The molecule has 1 atom stereocenters. The van der Waals surface area contributed by atoms with Crippen LogP contribution in [0, 0.1) is 6.92 Å². The van der Waals surface area contributed by atoms with Crippen LogP contribution in [0.1, 0.15) is 24.8 Å². The zero-order chi connectivity index (χ0) is 14.4. The number of amides is 1. The number of carbonyl (C=O) groups is 1. The van der Waals surface area contributed by atoms with Crippen molar-refractivity contribution in [2.24, 2.45) is 0 Å². The molecule has 110 valence electrons. The zero-order valence-electron chi connectivity index (χ0n) is 12.4. The number of rotatable bonds is 6. The number of ether oxygens (including phenoxy) is 1. The van der Waals surface area contributed by atoms with E-state index in [4.69, 9.17) is 4.74 Å². The molecule has 0 aliphatic carbocycles. The number of carbonyl (C=O) groups excluding carboxylic acids is 1. The minimum Gasteiger partial charge on any atom is -0.493 e. The van der Waals surface area contributed by atoms with E-state index in [2.05, 4.69) is 5.32 Å². The maximum Gasteiger partial charge on any atom is 0.239 e. The third kappa shape index (κ3) is 3.97. The summed E-state index contributed by atoms with van der Waals surface area (Å²) in [5.74, 6) is 1.14. The summed E-state index contributed by atoms with van der Waals surface area (Å²) < 4.78 is 5.74. The molecule has 4 nitrogen and oxygen atoms in total. The fourth-order valence-corrected chi connectivity index (χ4v) is 2.47. The summed E-state index contributed by atoms with van der Waals surface area (Å²) in [5.41, 5.74) is 1.15. The largest absolute Gasteiger partial charge is 0.493 e. The summed E-state index contributed by atoms with van der Waals surface area (Å²) in [6.45, 7) is 4.38. The predicted octanol–water partition coefficient (Wildman–Crippen LogP) is 1.97. The van der Waals surface area contributed by atoms with Gasteiger partial charge in [0.25, 0.3) is 0 Å². The molecule has 1 unspecified atom stereocenters. The highest BCUT2D eigenvalue weighted by Gasteiger charge is 2.24.